The van der Waals surface area contributed by atoms with E-state index in [9.17, 15) is 19.8 Å². The number of carbonyl (C=O) groups is 2. The maximum atomic E-state index is 12.5. The fourth-order valence-electron chi connectivity index (χ4n) is 4.70. The number of carbonyl (C=O) groups excluding carboxylic acids is 1. The largest absolute Gasteiger partial charge is 0.477 e. The molecular weight excluding hydrogens is 448 g/mol. The van der Waals surface area contributed by atoms with Crippen LogP contribution in [0, 0.1) is 11.8 Å². The molecule has 0 aliphatic carbocycles. The molecule has 5 rings (SSSR count). The molecule has 2 aliphatic rings. The number of nitrogens with zero attached hydrogens (tertiary/aromatic N) is 4. The van der Waals surface area contributed by atoms with Crippen LogP contribution in [0.4, 0.5) is 0 Å². The number of rotatable bonds is 6. The maximum Gasteiger partial charge on any atom is 0.353 e. The molecule has 2 aliphatic heterocycles. The van der Waals surface area contributed by atoms with Crippen LogP contribution in [0.2, 0.25) is 0 Å². The molecule has 0 unspecified atom stereocenters. The minimum Gasteiger partial charge on any atom is -0.477 e. The summed E-state index contributed by atoms with van der Waals surface area (Å²) in [5, 5.41) is 19.9. The predicted octanol–water partition coefficient (Wildman–Crippen LogP) is 2.22. The predicted molar refractivity (Wildman–Crippen MR) is 120 cm³/mol. The molecule has 4 atom stereocenters. The summed E-state index contributed by atoms with van der Waals surface area (Å²) < 4.78 is 5.89. The van der Waals surface area contributed by atoms with Gasteiger partial charge in [0.2, 0.25) is 12.2 Å². The number of carboxylic acid groups (broad SMARTS) is 1. The lowest BCUT2D eigenvalue weighted by molar-refractivity contribution is -0.671. The van der Waals surface area contributed by atoms with Gasteiger partial charge in [-0.2, -0.15) is 0 Å². The molecule has 4 heterocycles. The maximum absolute atomic E-state index is 12.5. The minimum atomic E-state index is -1.12. The third-order valence-electron chi connectivity index (χ3n) is 6.16. The highest BCUT2D eigenvalue weighted by atomic mass is 32.2. The molecule has 166 valence electrons. The molecule has 1 fully saturated rings. The van der Waals surface area contributed by atoms with Gasteiger partial charge in [-0.3, -0.25) is 4.79 Å². The molecule has 8 nitrogen and oxygen atoms in total. The molecule has 3 aromatic rings. The Morgan fingerprint density at radius 1 is 1.41 bits per heavy atom. The molecule has 0 saturated carbocycles. The Balaban J connectivity index is 1.48. The molecule has 32 heavy (non-hydrogen) atoms. The van der Waals surface area contributed by atoms with Gasteiger partial charge in [0.15, 0.2) is 4.34 Å². The summed E-state index contributed by atoms with van der Waals surface area (Å²) in [6, 6.07) is 5.69. The van der Waals surface area contributed by atoms with E-state index in [1.54, 1.807) is 6.92 Å². The SMILES string of the molecule is C[C@@H](O)[C@H]1C(=O)N2C(C(=O)O)=C(Sc3nc4cccc(Cn5cc[n+](C)c5)c4s3)[C@H](C)[C@H]12. The summed E-state index contributed by atoms with van der Waals surface area (Å²) in [4.78, 5) is 31.3. The number of benzene rings is 1. The Bertz CT molecular complexity index is 1280. The van der Waals surface area contributed by atoms with Crippen LogP contribution in [0.15, 0.2) is 51.9 Å². The number of carboxylic acids is 1. The monoisotopic (exact) mass is 471 g/mol. The molecule has 2 N–H and O–H groups in total. The first-order chi connectivity index (χ1) is 15.3. The van der Waals surface area contributed by atoms with Gasteiger partial charge in [0, 0.05) is 16.4 Å². The lowest BCUT2D eigenvalue weighted by atomic mass is 9.79. The fraction of sp³-hybridized carbons (Fsp3) is 0.364. The Morgan fingerprint density at radius 2 is 2.19 bits per heavy atom. The number of aliphatic hydroxyl groups is 1. The standard InChI is InChI=1S/C22H22N4O4S2/c1-11-16-15(12(2)27)20(28)26(16)17(21(29)30)18(11)31-22-23-14-6-4-5-13(19(14)32-22)9-25-8-7-24(3)10-25/h4-8,10-12,15-16,27H,9H2,1-3H3/p+1/t11-,12-,15-,16-/m1/s1. The zero-order chi connectivity index (χ0) is 22.7. The van der Waals surface area contributed by atoms with Crippen LogP contribution in [-0.4, -0.2) is 48.7 Å². The highest BCUT2D eigenvalue weighted by Gasteiger charge is 2.60. The first kappa shape index (κ1) is 21.2. The number of aliphatic carboxylic acids is 1. The molecule has 10 heteroatoms. The summed E-state index contributed by atoms with van der Waals surface area (Å²) in [7, 11) is 1.98. The van der Waals surface area contributed by atoms with E-state index >= 15 is 0 Å². The summed E-state index contributed by atoms with van der Waals surface area (Å²) >= 11 is 2.86. The number of fused-ring (bicyclic) bond motifs is 2. The Labute approximate surface area is 192 Å². The summed E-state index contributed by atoms with van der Waals surface area (Å²) in [6.45, 7) is 4.21. The van der Waals surface area contributed by atoms with Crippen molar-refractivity contribution < 1.29 is 24.4 Å². The number of aromatic nitrogens is 3. The van der Waals surface area contributed by atoms with Gasteiger partial charge >= 0.3 is 5.97 Å². The van der Waals surface area contributed by atoms with Gasteiger partial charge in [0.25, 0.3) is 0 Å². The first-order valence-corrected chi connectivity index (χ1v) is 12.0. The zero-order valence-corrected chi connectivity index (χ0v) is 19.4. The Hall–Kier alpha value is -2.69. The van der Waals surface area contributed by atoms with Gasteiger partial charge < -0.3 is 15.1 Å². The summed E-state index contributed by atoms with van der Waals surface area (Å²) in [6.07, 6.45) is 5.20. The third kappa shape index (κ3) is 3.25. The van der Waals surface area contributed by atoms with Crippen molar-refractivity contribution >= 4 is 45.2 Å². The molecule has 1 saturated heterocycles. The molecule has 0 bridgehead atoms. The number of aliphatic hydroxyl groups excluding tert-OH is 1. The Morgan fingerprint density at radius 3 is 2.84 bits per heavy atom. The smallest absolute Gasteiger partial charge is 0.353 e. The van der Waals surface area contributed by atoms with Crippen LogP contribution < -0.4 is 4.57 Å². The van der Waals surface area contributed by atoms with Crippen molar-refractivity contribution in [2.75, 3.05) is 0 Å². The van der Waals surface area contributed by atoms with Gasteiger partial charge in [0.1, 0.15) is 24.6 Å². The number of β-lactam (4-membered cyclic amide) rings is 1. The van der Waals surface area contributed by atoms with Gasteiger partial charge in [-0.1, -0.05) is 30.8 Å². The highest BCUT2D eigenvalue weighted by molar-refractivity contribution is 8.04. The number of hydrogen-bond acceptors (Lipinski definition) is 6. The molecule has 1 amide bonds. The van der Waals surface area contributed by atoms with Gasteiger partial charge in [-0.05, 0) is 13.0 Å². The van der Waals surface area contributed by atoms with Gasteiger partial charge in [-0.15, -0.1) is 11.3 Å². The number of aryl methyl sites for hydroxylation is 1. The van der Waals surface area contributed by atoms with Crippen LogP contribution in [0.25, 0.3) is 10.2 Å². The van der Waals surface area contributed by atoms with Crippen molar-refractivity contribution in [3.05, 3.63) is 53.1 Å². The van der Waals surface area contributed by atoms with Crippen LogP contribution >= 0.6 is 23.1 Å². The summed E-state index contributed by atoms with van der Waals surface area (Å²) in [5.74, 6) is -2.20. The minimum absolute atomic E-state index is 0.0220. The number of thioether (sulfide) groups is 1. The van der Waals surface area contributed by atoms with Crippen molar-refractivity contribution in [2.45, 2.75) is 36.9 Å². The van der Waals surface area contributed by atoms with E-state index in [2.05, 4.69) is 10.6 Å². The molecular formula is C22H23N4O4S2+. The van der Waals surface area contributed by atoms with Crippen LogP contribution in [0.1, 0.15) is 19.4 Å². The number of thiazole rings is 1. The summed E-state index contributed by atoms with van der Waals surface area (Å²) in [5.41, 5.74) is 2.03. The van der Waals surface area contributed by atoms with Crippen LogP contribution in [0.5, 0.6) is 0 Å². The zero-order valence-electron chi connectivity index (χ0n) is 17.8. The van der Waals surface area contributed by atoms with Gasteiger partial charge in [-0.25, -0.2) is 18.9 Å². The van der Waals surface area contributed by atoms with E-state index < -0.39 is 18.0 Å². The Kier molecular flexibility index (Phi) is 5.11. The van der Waals surface area contributed by atoms with E-state index in [0.717, 1.165) is 20.1 Å². The van der Waals surface area contributed by atoms with E-state index in [-0.39, 0.29) is 23.6 Å². The van der Waals surface area contributed by atoms with Crippen molar-refractivity contribution in [1.29, 1.82) is 0 Å². The normalized spacial score (nSPS) is 23.6. The van der Waals surface area contributed by atoms with E-state index in [1.165, 1.54) is 28.0 Å². The first-order valence-electron chi connectivity index (χ1n) is 10.3. The quantitative estimate of drug-likeness (QED) is 0.423. The van der Waals surface area contributed by atoms with Crippen LogP contribution in [-0.2, 0) is 23.2 Å². The molecule has 2 aromatic heterocycles. The molecule has 1 aromatic carbocycles. The van der Waals surface area contributed by atoms with Crippen molar-refractivity contribution in [1.82, 2.24) is 14.5 Å². The third-order valence-corrected chi connectivity index (χ3v) is 8.65. The second-order valence-corrected chi connectivity index (χ2v) is 10.7. The second kappa shape index (κ2) is 7.72. The fourth-order valence-corrected chi connectivity index (χ4v) is 7.12. The molecule has 0 radical (unpaired) electrons. The highest BCUT2D eigenvalue weighted by Crippen LogP contribution is 2.52. The van der Waals surface area contributed by atoms with Crippen molar-refractivity contribution in [3.8, 4) is 0 Å². The van der Waals surface area contributed by atoms with Gasteiger partial charge in [0.05, 0.1) is 35.3 Å². The van der Waals surface area contributed by atoms with E-state index in [1.807, 2.05) is 49.4 Å². The second-order valence-electron chi connectivity index (χ2n) is 8.37. The molecule has 0 spiro atoms. The van der Waals surface area contributed by atoms with E-state index in [4.69, 9.17) is 4.98 Å². The lowest BCUT2D eigenvalue weighted by Crippen LogP contribution is -2.63. The topological polar surface area (TPSA) is 99.5 Å². The average Bonchev–Trinajstić information content (AvgIpc) is 3.38. The number of amides is 1. The lowest BCUT2D eigenvalue weighted by Gasteiger charge is -2.46. The van der Waals surface area contributed by atoms with Crippen LogP contribution in [0.3, 0.4) is 0 Å². The van der Waals surface area contributed by atoms with E-state index in [0.29, 0.717) is 11.4 Å². The average molecular weight is 472 g/mol. The van der Waals surface area contributed by atoms with Crippen molar-refractivity contribution in [2.24, 2.45) is 18.9 Å². The van der Waals surface area contributed by atoms with Crippen molar-refractivity contribution in [3.63, 3.8) is 0 Å². The number of imidazole rings is 1. The number of hydrogen-bond donors (Lipinski definition) is 2.